The van der Waals surface area contributed by atoms with E-state index < -0.39 is 12.0 Å². The van der Waals surface area contributed by atoms with Gasteiger partial charge in [0, 0.05) is 17.3 Å². The fraction of sp³-hybridized carbons (Fsp3) is 0.282. The van der Waals surface area contributed by atoms with Gasteiger partial charge in [-0.05, 0) is 92.8 Å². The zero-order valence-corrected chi connectivity index (χ0v) is 29.4. The minimum Gasteiger partial charge on any atom is -0.497 e. The van der Waals surface area contributed by atoms with E-state index in [2.05, 4.69) is 19.9 Å². The Hall–Kier alpha value is -5.22. The van der Waals surface area contributed by atoms with Gasteiger partial charge in [0.2, 0.25) is 0 Å². The highest BCUT2D eigenvalue weighted by molar-refractivity contribution is 7.07. The highest BCUT2D eigenvalue weighted by atomic mass is 32.1. The molecule has 3 aromatic carbocycles. The number of nitrogens with zero attached hydrogens (tertiary/aromatic N) is 4. The van der Waals surface area contributed by atoms with Crippen LogP contribution in [0.25, 0.3) is 23.0 Å². The molecule has 1 atom stereocenters. The van der Waals surface area contributed by atoms with Gasteiger partial charge in [0.15, 0.2) is 4.80 Å². The number of allylic oxidation sites excluding steroid dienone is 1. The summed E-state index contributed by atoms with van der Waals surface area (Å²) in [6.45, 7) is 10.8. The van der Waals surface area contributed by atoms with Gasteiger partial charge in [0.1, 0.15) is 17.2 Å². The second kappa shape index (κ2) is 14.5. The van der Waals surface area contributed by atoms with Crippen molar-refractivity contribution in [2.75, 3.05) is 20.3 Å². The molecular weight excluding hydrogens is 637 g/mol. The fourth-order valence-electron chi connectivity index (χ4n) is 5.83. The van der Waals surface area contributed by atoms with E-state index in [9.17, 15) is 9.59 Å². The maximum absolute atomic E-state index is 14.4. The van der Waals surface area contributed by atoms with Crippen LogP contribution in [0.4, 0.5) is 0 Å². The molecule has 3 heterocycles. The number of methoxy groups -OCH3 is 1. The molecule has 0 spiro atoms. The Balaban J connectivity index is 1.49. The van der Waals surface area contributed by atoms with Gasteiger partial charge in [0.05, 0.1) is 47.9 Å². The van der Waals surface area contributed by atoms with E-state index in [4.69, 9.17) is 24.3 Å². The van der Waals surface area contributed by atoms with Crippen LogP contribution < -0.4 is 24.4 Å². The van der Waals surface area contributed by atoms with Crippen LogP contribution in [0, 0.1) is 12.8 Å². The first kappa shape index (κ1) is 33.7. The van der Waals surface area contributed by atoms with Crippen molar-refractivity contribution < 1.29 is 19.0 Å². The van der Waals surface area contributed by atoms with Crippen molar-refractivity contribution in [3.05, 3.63) is 127 Å². The fourth-order valence-corrected chi connectivity index (χ4v) is 6.87. The molecule has 0 saturated heterocycles. The number of carbonyl (C=O) groups excluding carboxylic acids is 1. The Morgan fingerprint density at radius 2 is 1.80 bits per heavy atom. The van der Waals surface area contributed by atoms with Crippen molar-refractivity contribution in [2.45, 2.75) is 47.1 Å². The summed E-state index contributed by atoms with van der Waals surface area (Å²) >= 11 is 1.28. The van der Waals surface area contributed by atoms with E-state index in [0.717, 1.165) is 45.8 Å². The average molecular weight is 677 g/mol. The molecule has 9 nitrogen and oxygen atoms in total. The standard InChI is InChI=1S/C39H40N4O5S/c1-7-47-38(45)34-26(5)40-39-43(36(34)27-13-16-31(46-6)17-14-27)37(44)33(49-39)22-29-23-42(30-11-9-8-10-12-30)41-35(29)28-15-18-32(25(4)21-28)48-20-19-24(2)3/h8-18,21-24,36H,7,19-20H2,1-6H3. The number of carbonyl (C=O) groups is 1. The predicted molar refractivity (Wildman–Crippen MR) is 192 cm³/mol. The summed E-state index contributed by atoms with van der Waals surface area (Å²) < 4.78 is 20.8. The van der Waals surface area contributed by atoms with Crippen molar-refractivity contribution in [1.82, 2.24) is 14.3 Å². The molecule has 2 aromatic heterocycles. The number of esters is 1. The summed E-state index contributed by atoms with van der Waals surface area (Å²) in [7, 11) is 1.60. The van der Waals surface area contributed by atoms with Crippen molar-refractivity contribution in [1.29, 1.82) is 0 Å². The summed E-state index contributed by atoms with van der Waals surface area (Å²) in [5, 5.41) is 5.00. The summed E-state index contributed by atoms with van der Waals surface area (Å²) in [5.41, 5.74) is 5.61. The summed E-state index contributed by atoms with van der Waals surface area (Å²) in [6.07, 6.45) is 4.77. The van der Waals surface area contributed by atoms with Gasteiger partial charge in [-0.3, -0.25) is 9.36 Å². The lowest BCUT2D eigenvalue weighted by atomic mass is 9.96. The molecule has 0 bridgehead atoms. The van der Waals surface area contributed by atoms with E-state index >= 15 is 0 Å². The molecule has 0 N–H and O–H groups in total. The second-order valence-corrected chi connectivity index (χ2v) is 13.3. The average Bonchev–Trinajstić information content (AvgIpc) is 3.65. The first-order valence-electron chi connectivity index (χ1n) is 16.4. The molecule has 252 valence electrons. The number of aryl methyl sites for hydroxylation is 1. The number of benzene rings is 3. The summed E-state index contributed by atoms with van der Waals surface area (Å²) in [4.78, 5) is 32.9. The van der Waals surface area contributed by atoms with Crippen LogP contribution >= 0.6 is 11.3 Å². The minimum atomic E-state index is -0.722. The molecule has 0 amide bonds. The van der Waals surface area contributed by atoms with Crippen LogP contribution in [0.3, 0.4) is 0 Å². The summed E-state index contributed by atoms with van der Waals surface area (Å²) in [5.74, 6) is 1.57. The lowest BCUT2D eigenvalue weighted by Crippen LogP contribution is -2.39. The van der Waals surface area contributed by atoms with Gasteiger partial charge >= 0.3 is 5.97 Å². The van der Waals surface area contributed by atoms with Gasteiger partial charge in [0.25, 0.3) is 5.56 Å². The van der Waals surface area contributed by atoms with Crippen LogP contribution in [-0.2, 0) is 9.53 Å². The predicted octanol–water partition coefficient (Wildman–Crippen LogP) is 6.39. The van der Waals surface area contributed by atoms with Crippen LogP contribution in [0.5, 0.6) is 11.5 Å². The van der Waals surface area contributed by atoms with Crippen LogP contribution in [0.2, 0.25) is 0 Å². The maximum atomic E-state index is 14.4. The third-order valence-electron chi connectivity index (χ3n) is 8.40. The Morgan fingerprint density at radius 1 is 1.04 bits per heavy atom. The van der Waals surface area contributed by atoms with Gasteiger partial charge in [-0.15, -0.1) is 0 Å². The van der Waals surface area contributed by atoms with Crippen molar-refractivity contribution in [3.8, 4) is 28.4 Å². The van der Waals surface area contributed by atoms with E-state index in [-0.39, 0.29) is 12.2 Å². The van der Waals surface area contributed by atoms with Gasteiger partial charge < -0.3 is 14.2 Å². The Morgan fingerprint density at radius 3 is 2.47 bits per heavy atom. The van der Waals surface area contributed by atoms with Crippen molar-refractivity contribution >= 4 is 23.4 Å². The molecule has 5 aromatic rings. The zero-order chi connectivity index (χ0) is 34.7. The molecule has 49 heavy (non-hydrogen) atoms. The number of para-hydroxylation sites is 1. The monoisotopic (exact) mass is 676 g/mol. The quantitative estimate of drug-likeness (QED) is 0.151. The molecule has 0 aliphatic carbocycles. The van der Waals surface area contributed by atoms with Gasteiger partial charge in [-0.25, -0.2) is 14.5 Å². The number of hydrogen-bond donors (Lipinski definition) is 0. The number of thiazole rings is 1. The highest BCUT2D eigenvalue weighted by Crippen LogP contribution is 2.32. The molecule has 0 fully saturated rings. The number of aromatic nitrogens is 3. The Bertz CT molecular complexity index is 2190. The molecule has 0 saturated carbocycles. The van der Waals surface area contributed by atoms with E-state index in [1.165, 1.54) is 11.3 Å². The first-order chi connectivity index (χ1) is 23.7. The lowest BCUT2D eigenvalue weighted by molar-refractivity contribution is -0.139. The van der Waals surface area contributed by atoms with Crippen molar-refractivity contribution in [2.24, 2.45) is 10.9 Å². The highest BCUT2D eigenvalue weighted by Gasteiger charge is 2.33. The molecule has 0 radical (unpaired) electrons. The molecule has 10 heteroatoms. The second-order valence-electron chi connectivity index (χ2n) is 12.3. The number of hydrogen-bond acceptors (Lipinski definition) is 8. The van der Waals surface area contributed by atoms with E-state index in [1.54, 1.807) is 25.5 Å². The molecule has 1 aliphatic rings. The van der Waals surface area contributed by atoms with Crippen LogP contribution in [-0.4, -0.2) is 40.6 Å². The van der Waals surface area contributed by atoms with Gasteiger partial charge in [-0.2, -0.15) is 5.10 Å². The zero-order valence-electron chi connectivity index (χ0n) is 28.6. The maximum Gasteiger partial charge on any atom is 0.338 e. The first-order valence-corrected chi connectivity index (χ1v) is 17.2. The third-order valence-corrected chi connectivity index (χ3v) is 9.38. The topological polar surface area (TPSA) is 96.9 Å². The van der Waals surface area contributed by atoms with Crippen LogP contribution in [0.15, 0.2) is 100 Å². The van der Waals surface area contributed by atoms with Crippen LogP contribution in [0.1, 0.15) is 56.8 Å². The summed E-state index contributed by atoms with van der Waals surface area (Å²) in [6, 6.07) is 22.6. The molecule has 1 unspecified atom stereocenters. The normalized spacial score (nSPS) is 14.5. The minimum absolute atomic E-state index is 0.202. The lowest BCUT2D eigenvalue weighted by Gasteiger charge is -2.24. The third kappa shape index (κ3) is 7.00. The largest absolute Gasteiger partial charge is 0.497 e. The Labute approximate surface area is 289 Å². The van der Waals surface area contributed by atoms with Crippen molar-refractivity contribution in [3.63, 3.8) is 0 Å². The molecule has 6 rings (SSSR count). The molecule has 1 aliphatic heterocycles. The SMILES string of the molecule is CCOC(=O)C1=C(C)N=c2sc(=Cc3cn(-c4ccccc4)nc3-c3ccc(OCCC(C)C)c(C)c3)c(=O)n2C1c1ccc(OC)cc1. The van der Waals surface area contributed by atoms with E-state index in [1.807, 2.05) is 90.6 Å². The number of fused-ring (bicyclic) bond motifs is 1. The van der Waals surface area contributed by atoms with Gasteiger partial charge in [-0.1, -0.05) is 55.5 Å². The molecular formula is C39H40N4O5S. The number of ether oxygens (including phenoxy) is 3. The Kier molecular flexibility index (Phi) is 9.96. The smallest absolute Gasteiger partial charge is 0.338 e. The number of rotatable bonds is 11. The van der Waals surface area contributed by atoms with E-state index in [0.29, 0.717) is 38.9 Å².